The van der Waals surface area contributed by atoms with E-state index in [-0.39, 0.29) is 5.91 Å². The van der Waals surface area contributed by atoms with Crippen LogP contribution < -0.4 is 10.1 Å². The highest BCUT2D eigenvalue weighted by molar-refractivity contribution is 8.18. The normalized spacial score (nSPS) is 16.1. The molecule has 1 aliphatic heterocycles. The van der Waals surface area contributed by atoms with Crippen LogP contribution in [0, 0.1) is 6.92 Å². The van der Waals surface area contributed by atoms with Gasteiger partial charge in [-0.3, -0.25) is 4.79 Å². The summed E-state index contributed by atoms with van der Waals surface area (Å²) in [5, 5.41) is 4.06. The third kappa shape index (κ3) is 5.12. The third-order valence-corrected chi connectivity index (χ3v) is 5.52. The van der Waals surface area contributed by atoms with Gasteiger partial charge in [-0.05, 0) is 66.2 Å². The number of carbonyl (C=O) groups is 1. The Labute approximate surface area is 184 Å². The van der Waals surface area contributed by atoms with Crippen molar-refractivity contribution in [3.8, 4) is 5.75 Å². The summed E-state index contributed by atoms with van der Waals surface area (Å²) < 4.78 is 5.98. The summed E-state index contributed by atoms with van der Waals surface area (Å²) in [7, 11) is 0. The number of hydrogen-bond donors (Lipinski definition) is 1. The van der Waals surface area contributed by atoms with Gasteiger partial charge in [0.2, 0.25) is 0 Å². The molecule has 1 aliphatic rings. The van der Waals surface area contributed by atoms with Crippen molar-refractivity contribution in [3.63, 3.8) is 0 Å². The molecule has 0 atom stereocenters. The predicted molar refractivity (Wildman–Crippen MR) is 124 cm³/mol. The monoisotopic (exact) mass is 434 g/mol. The SMILES string of the molecule is Cc1cccc(N=C2NC(=O)/C(=C/c3ccccc3OCc3cccc(Cl)c3)S2)c1. The van der Waals surface area contributed by atoms with Gasteiger partial charge in [0.05, 0.1) is 10.6 Å². The van der Waals surface area contributed by atoms with Crippen LogP contribution in [-0.2, 0) is 11.4 Å². The second kappa shape index (κ2) is 9.20. The molecule has 1 amide bonds. The molecule has 1 heterocycles. The van der Waals surface area contributed by atoms with Crippen LogP contribution in [0.4, 0.5) is 5.69 Å². The summed E-state index contributed by atoms with van der Waals surface area (Å²) in [4.78, 5) is 17.5. The minimum absolute atomic E-state index is 0.170. The van der Waals surface area contributed by atoms with Crippen LogP contribution in [0.15, 0.2) is 82.7 Å². The maximum absolute atomic E-state index is 12.4. The van der Waals surface area contributed by atoms with Crippen molar-refractivity contribution in [1.29, 1.82) is 0 Å². The van der Waals surface area contributed by atoms with Gasteiger partial charge in [0.15, 0.2) is 5.17 Å². The quantitative estimate of drug-likeness (QED) is 0.492. The molecule has 6 heteroatoms. The van der Waals surface area contributed by atoms with Gasteiger partial charge in [0, 0.05) is 10.6 Å². The van der Waals surface area contributed by atoms with Crippen LogP contribution >= 0.6 is 23.4 Å². The van der Waals surface area contributed by atoms with E-state index in [1.54, 1.807) is 0 Å². The van der Waals surface area contributed by atoms with E-state index in [1.165, 1.54) is 11.8 Å². The van der Waals surface area contributed by atoms with Crippen LogP contribution in [0.3, 0.4) is 0 Å². The van der Waals surface area contributed by atoms with Gasteiger partial charge in [-0.15, -0.1) is 0 Å². The average molecular weight is 435 g/mol. The van der Waals surface area contributed by atoms with E-state index >= 15 is 0 Å². The lowest BCUT2D eigenvalue weighted by atomic mass is 10.2. The number of rotatable bonds is 5. The zero-order valence-electron chi connectivity index (χ0n) is 16.3. The van der Waals surface area contributed by atoms with Crippen molar-refractivity contribution in [2.45, 2.75) is 13.5 Å². The van der Waals surface area contributed by atoms with Crippen LogP contribution in [0.5, 0.6) is 5.75 Å². The fourth-order valence-corrected chi connectivity index (χ4v) is 4.00. The summed E-state index contributed by atoms with van der Waals surface area (Å²) >= 11 is 7.36. The Morgan fingerprint density at radius 1 is 1.07 bits per heavy atom. The molecule has 0 radical (unpaired) electrons. The van der Waals surface area contributed by atoms with Crippen molar-refractivity contribution >= 4 is 46.2 Å². The van der Waals surface area contributed by atoms with Crippen molar-refractivity contribution in [2.75, 3.05) is 0 Å². The number of amidine groups is 1. The smallest absolute Gasteiger partial charge is 0.264 e. The largest absolute Gasteiger partial charge is 0.488 e. The summed E-state index contributed by atoms with van der Waals surface area (Å²) in [6, 6.07) is 23.0. The summed E-state index contributed by atoms with van der Waals surface area (Å²) in [6.45, 7) is 2.40. The number of carbonyl (C=O) groups excluding carboxylic acids is 1. The Morgan fingerprint density at radius 2 is 1.90 bits per heavy atom. The number of nitrogens with zero attached hydrogens (tertiary/aromatic N) is 1. The molecule has 1 fully saturated rings. The first kappa shape index (κ1) is 20.3. The van der Waals surface area contributed by atoms with E-state index in [1.807, 2.05) is 85.8 Å². The molecular weight excluding hydrogens is 416 g/mol. The second-order valence-electron chi connectivity index (χ2n) is 6.78. The Balaban J connectivity index is 1.52. The van der Waals surface area contributed by atoms with Gasteiger partial charge in [0.1, 0.15) is 12.4 Å². The lowest BCUT2D eigenvalue weighted by Gasteiger charge is -2.09. The summed E-state index contributed by atoms with van der Waals surface area (Å²) in [5.74, 6) is 0.526. The van der Waals surface area contributed by atoms with Crippen LogP contribution in [0.2, 0.25) is 5.02 Å². The third-order valence-electron chi connectivity index (χ3n) is 4.37. The topological polar surface area (TPSA) is 50.7 Å². The Morgan fingerprint density at radius 3 is 2.73 bits per heavy atom. The zero-order valence-corrected chi connectivity index (χ0v) is 17.8. The molecule has 3 aromatic rings. The molecule has 1 saturated heterocycles. The number of benzene rings is 3. The number of ether oxygens (including phenoxy) is 1. The average Bonchev–Trinajstić information content (AvgIpc) is 3.06. The number of thioether (sulfide) groups is 1. The Hall–Kier alpha value is -3.02. The molecule has 4 rings (SSSR count). The number of para-hydroxylation sites is 1. The Kier molecular flexibility index (Phi) is 6.21. The van der Waals surface area contributed by atoms with E-state index in [4.69, 9.17) is 16.3 Å². The van der Waals surface area contributed by atoms with Crippen molar-refractivity contribution < 1.29 is 9.53 Å². The van der Waals surface area contributed by atoms with Crippen molar-refractivity contribution in [2.24, 2.45) is 4.99 Å². The van der Waals surface area contributed by atoms with Crippen LogP contribution in [0.25, 0.3) is 6.08 Å². The van der Waals surface area contributed by atoms with Gasteiger partial charge in [0.25, 0.3) is 5.91 Å². The highest BCUT2D eigenvalue weighted by Crippen LogP contribution is 2.31. The lowest BCUT2D eigenvalue weighted by Crippen LogP contribution is -2.19. The molecule has 0 aromatic heterocycles. The van der Waals surface area contributed by atoms with E-state index in [9.17, 15) is 4.79 Å². The highest BCUT2D eigenvalue weighted by atomic mass is 35.5. The molecule has 150 valence electrons. The molecular formula is C24H19ClN2O2S. The number of amides is 1. The first-order valence-corrected chi connectivity index (χ1v) is 10.6. The minimum atomic E-state index is -0.170. The number of aryl methyl sites for hydroxylation is 1. The molecule has 0 saturated carbocycles. The summed E-state index contributed by atoms with van der Waals surface area (Å²) in [6.07, 6.45) is 1.83. The van der Waals surface area contributed by atoms with Crippen LogP contribution in [0.1, 0.15) is 16.7 Å². The van der Waals surface area contributed by atoms with Crippen molar-refractivity contribution in [3.05, 3.63) is 99.4 Å². The predicted octanol–water partition coefficient (Wildman–Crippen LogP) is 6.12. The first-order valence-electron chi connectivity index (χ1n) is 9.39. The number of hydrogen-bond acceptors (Lipinski definition) is 4. The van der Waals surface area contributed by atoms with E-state index in [0.717, 1.165) is 22.4 Å². The molecule has 0 spiro atoms. The van der Waals surface area contributed by atoms with E-state index in [2.05, 4.69) is 10.3 Å². The molecule has 0 aliphatic carbocycles. The van der Waals surface area contributed by atoms with Gasteiger partial charge in [-0.1, -0.05) is 54.1 Å². The van der Waals surface area contributed by atoms with E-state index in [0.29, 0.717) is 27.5 Å². The first-order chi connectivity index (χ1) is 14.6. The molecule has 30 heavy (non-hydrogen) atoms. The second-order valence-corrected chi connectivity index (χ2v) is 8.24. The van der Waals surface area contributed by atoms with Gasteiger partial charge < -0.3 is 10.1 Å². The number of aliphatic imine (C=N–C) groups is 1. The fraction of sp³-hybridized carbons (Fsp3) is 0.0833. The molecule has 3 aromatic carbocycles. The lowest BCUT2D eigenvalue weighted by molar-refractivity contribution is -0.115. The molecule has 0 unspecified atom stereocenters. The minimum Gasteiger partial charge on any atom is -0.488 e. The van der Waals surface area contributed by atoms with Crippen LogP contribution in [-0.4, -0.2) is 11.1 Å². The molecule has 0 bridgehead atoms. The highest BCUT2D eigenvalue weighted by Gasteiger charge is 2.24. The van der Waals surface area contributed by atoms with Gasteiger partial charge in [-0.25, -0.2) is 4.99 Å². The fourth-order valence-electron chi connectivity index (χ4n) is 2.96. The zero-order chi connectivity index (χ0) is 20.9. The number of halogens is 1. The maximum atomic E-state index is 12.4. The standard InChI is InChI=1S/C24H19ClN2O2S/c1-16-6-4-10-20(12-16)26-24-27-23(28)22(30-24)14-18-8-2-3-11-21(18)29-15-17-7-5-9-19(25)13-17/h2-14H,15H2,1H3,(H,26,27,28)/b22-14-. The Bertz CT molecular complexity index is 1160. The van der Waals surface area contributed by atoms with E-state index < -0.39 is 0 Å². The maximum Gasteiger partial charge on any atom is 0.264 e. The summed E-state index contributed by atoms with van der Waals surface area (Å²) in [5.41, 5.74) is 3.73. The number of nitrogens with one attached hydrogen (secondary N) is 1. The molecule has 4 nitrogen and oxygen atoms in total. The molecule has 1 N–H and O–H groups in total. The van der Waals surface area contributed by atoms with Gasteiger partial charge >= 0.3 is 0 Å². The van der Waals surface area contributed by atoms with Crippen molar-refractivity contribution in [1.82, 2.24) is 5.32 Å². The van der Waals surface area contributed by atoms with Gasteiger partial charge in [-0.2, -0.15) is 0 Å².